The molecule has 0 fully saturated rings. The molecule has 0 bridgehead atoms. The molecule has 1 N–H and O–H groups in total. The first-order valence-electron chi connectivity index (χ1n) is 7.81. The Hall–Kier alpha value is -3.72. The van der Waals surface area contributed by atoms with E-state index in [0.717, 1.165) is 5.56 Å². The normalized spacial score (nSPS) is 10.6. The second kappa shape index (κ2) is 7.90. The van der Waals surface area contributed by atoms with Gasteiger partial charge >= 0.3 is 0 Å². The molecule has 1 heterocycles. The van der Waals surface area contributed by atoms with Crippen molar-refractivity contribution in [2.75, 3.05) is 0 Å². The van der Waals surface area contributed by atoms with Crippen LogP contribution in [0.15, 0.2) is 70.2 Å². The fourth-order valence-electron chi connectivity index (χ4n) is 2.28. The van der Waals surface area contributed by atoms with E-state index in [4.69, 9.17) is 9.68 Å². The van der Waals surface area contributed by atoms with Gasteiger partial charge in [0.25, 0.3) is 0 Å². The van der Waals surface area contributed by atoms with E-state index >= 15 is 0 Å². The van der Waals surface area contributed by atoms with Crippen LogP contribution in [0.5, 0.6) is 0 Å². The molecule has 0 aliphatic heterocycles. The lowest BCUT2D eigenvalue weighted by Crippen LogP contribution is -2.19. The van der Waals surface area contributed by atoms with Crippen LogP contribution in [0.4, 0.5) is 4.39 Å². The van der Waals surface area contributed by atoms with E-state index in [1.54, 1.807) is 48.5 Å². The minimum Gasteiger partial charge on any atom is -0.455 e. The zero-order chi connectivity index (χ0) is 18.4. The van der Waals surface area contributed by atoms with Gasteiger partial charge in [0.15, 0.2) is 0 Å². The Kier molecular flexibility index (Phi) is 5.20. The molecule has 2 aromatic carbocycles. The average molecular weight is 347 g/mol. The van der Waals surface area contributed by atoms with Crippen LogP contribution in [0.2, 0.25) is 0 Å². The maximum absolute atomic E-state index is 12.8. The molecule has 0 aliphatic rings. The highest BCUT2D eigenvalue weighted by molar-refractivity contribution is 5.82. The van der Waals surface area contributed by atoms with E-state index < -0.39 is 0 Å². The number of furan rings is 1. The van der Waals surface area contributed by atoms with Crippen LogP contribution in [0.3, 0.4) is 0 Å². The molecule has 0 saturated heterocycles. The number of hydrogen-bond acceptors (Lipinski definition) is 4. The van der Waals surface area contributed by atoms with Crippen molar-refractivity contribution in [3.8, 4) is 17.4 Å². The van der Waals surface area contributed by atoms with Crippen LogP contribution < -0.4 is 5.43 Å². The minimum absolute atomic E-state index is 0.103. The SMILES string of the molecule is N#Cc1ccc(-c2ccc(/C=N/NC(=O)Cc3ccc(F)cc3)o2)cc1. The van der Waals surface area contributed by atoms with E-state index in [1.165, 1.54) is 18.3 Å². The van der Waals surface area contributed by atoms with E-state index in [9.17, 15) is 9.18 Å². The molecule has 26 heavy (non-hydrogen) atoms. The van der Waals surface area contributed by atoms with Gasteiger partial charge in [0.05, 0.1) is 24.3 Å². The molecule has 1 amide bonds. The number of nitrogens with zero attached hydrogens (tertiary/aromatic N) is 2. The minimum atomic E-state index is -0.344. The summed E-state index contributed by atoms with van der Waals surface area (Å²) in [6.07, 6.45) is 1.50. The third-order valence-corrected chi connectivity index (χ3v) is 3.58. The summed E-state index contributed by atoms with van der Waals surface area (Å²) in [5, 5.41) is 12.7. The van der Waals surface area contributed by atoms with Gasteiger partial charge in [-0.3, -0.25) is 4.79 Å². The number of rotatable bonds is 5. The molecular formula is C20H14FN3O2. The van der Waals surface area contributed by atoms with Crippen molar-refractivity contribution in [1.29, 1.82) is 5.26 Å². The predicted molar refractivity (Wildman–Crippen MR) is 94.7 cm³/mol. The molecule has 3 rings (SSSR count). The van der Waals surface area contributed by atoms with Crippen molar-refractivity contribution in [1.82, 2.24) is 5.43 Å². The van der Waals surface area contributed by atoms with Gasteiger partial charge in [-0.1, -0.05) is 12.1 Å². The number of nitriles is 1. The fourth-order valence-corrected chi connectivity index (χ4v) is 2.28. The van der Waals surface area contributed by atoms with Gasteiger partial charge in [0.1, 0.15) is 17.3 Å². The van der Waals surface area contributed by atoms with Crippen molar-refractivity contribution < 1.29 is 13.6 Å². The number of amides is 1. The molecule has 0 atom stereocenters. The van der Waals surface area contributed by atoms with Crippen molar-refractivity contribution in [2.24, 2.45) is 5.10 Å². The molecule has 5 nitrogen and oxygen atoms in total. The zero-order valence-electron chi connectivity index (χ0n) is 13.6. The predicted octanol–water partition coefficient (Wildman–Crippen LogP) is 3.65. The molecule has 0 aliphatic carbocycles. The third-order valence-electron chi connectivity index (χ3n) is 3.58. The van der Waals surface area contributed by atoms with Gasteiger partial charge in [-0.2, -0.15) is 10.4 Å². The number of hydrazone groups is 1. The maximum atomic E-state index is 12.8. The largest absolute Gasteiger partial charge is 0.455 e. The first kappa shape index (κ1) is 17.1. The number of carbonyl (C=O) groups excluding carboxylic acids is 1. The Bertz CT molecular complexity index is 968. The lowest BCUT2D eigenvalue weighted by atomic mass is 10.1. The second-order valence-electron chi connectivity index (χ2n) is 5.49. The number of benzene rings is 2. The average Bonchev–Trinajstić information content (AvgIpc) is 3.12. The summed E-state index contributed by atoms with van der Waals surface area (Å²) in [6.45, 7) is 0. The topological polar surface area (TPSA) is 78.4 Å². The number of halogens is 1. The molecular weight excluding hydrogens is 333 g/mol. The molecule has 6 heteroatoms. The fraction of sp³-hybridized carbons (Fsp3) is 0.0500. The highest BCUT2D eigenvalue weighted by Gasteiger charge is 2.05. The first-order chi connectivity index (χ1) is 12.6. The molecule has 128 valence electrons. The summed E-state index contributed by atoms with van der Waals surface area (Å²) >= 11 is 0. The Balaban J connectivity index is 1.57. The molecule has 0 radical (unpaired) electrons. The summed E-state index contributed by atoms with van der Waals surface area (Å²) in [6, 6.07) is 18.3. The van der Waals surface area contributed by atoms with Gasteiger partial charge in [0, 0.05) is 5.56 Å². The van der Waals surface area contributed by atoms with Crippen molar-refractivity contribution in [2.45, 2.75) is 6.42 Å². The standard InChI is InChI=1S/C20H14FN3O2/c21-17-7-3-14(4-8-17)11-20(25)24-23-13-18-9-10-19(26-18)16-5-1-15(12-22)2-6-16/h1-10,13H,11H2,(H,24,25)/b23-13+. The van der Waals surface area contributed by atoms with Crippen molar-refractivity contribution in [3.05, 3.63) is 83.4 Å². The second-order valence-corrected chi connectivity index (χ2v) is 5.49. The summed E-state index contributed by atoms with van der Waals surface area (Å²) in [4.78, 5) is 11.8. The summed E-state index contributed by atoms with van der Waals surface area (Å²) in [5.74, 6) is 0.454. The first-order valence-corrected chi connectivity index (χ1v) is 7.81. The lowest BCUT2D eigenvalue weighted by Gasteiger charge is -2.00. The monoisotopic (exact) mass is 347 g/mol. The van der Waals surface area contributed by atoms with E-state index in [2.05, 4.69) is 16.6 Å². The Morgan fingerprint density at radius 1 is 1.12 bits per heavy atom. The molecule has 0 spiro atoms. The van der Waals surface area contributed by atoms with Gasteiger partial charge in [-0.15, -0.1) is 0 Å². The summed E-state index contributed by atoms with van der Waals surface area (Å²) in [5.41, 5.74) is 4.51. The van der Waals surface area contributed by atoms with Gasteiger partial charge in [-0.05, 0) is 54.1 Å². The van der Waals surface area contributed by atoms with E-state index in [-0.39, 0.29) is 18.1 Å². The highest BCUT2D eigenvalue weighted by Crippen LogP contribution is 2.21. The summed E-state index contributed by atoms with van der Waals surface area (Å²) in [7, 11) is 0. The smallest absolute Gasteiger partial charge is 0.244 e. The number of carbonyl (C=O) groups is 1. The Labute approximate surface area is 149 Å². The van der Waals surface area contributed by atoms with Crippen LogP contribution in [0.25, 0.3) is 11.3 Å². The molecule has 0 unspecified atom stereocenters. The van der Waals surface area contributed by atoms with Crippen molar-refractivity contribution >= 4 is 12.1 Å². The van der Waals surface area contributed by atoms with Gasteiger partial charge in [-0.25, -0.2) is 9.82 Å². The van der Waals surface area contributed by atoms with Crippen molar-refractivity contribution in [3.63, 3.8) is 0 Å². The quantitative estimate of drug-likeness (QED) is 0.565. The maximum Gasteiger partial charge on any atom is 0.244 e. The zero-order valence-corrected chi connectivity index (χ0v) is 13.6. The van der Waals surface area contributed by atoms with Crippen LogP contribution in [0.1, 0.15) is 16.9 Å². The Morgan fingerprint density at radius 2 is 1.85 bits per heavy atom. The van der Waals surface area contributed by atoms with Gasteiger partial charge in [0.2, 0.25) is 5.91 Å². The molecule has 0 saturated carbocycles. The summed E-state index contributed by atoms with van der Waals surface area (Å²) < 4.78 is 18.5. The van der Waals surface area contributed by atoms with Crippen LogP contribution >= 0.6 is 0 Å². The van der Waals surface area contributed by atoms with Gasteiger partial charge < -0.3 is 4.42 Å². The Morgan fingerprint density at radius 3 is 2.54 bits per heavy atom. The third kappa shape index (κ3) is 4.42. The van der Waals surface area contributed by atoms with Crippen LogP contribution in [0, 0.1) is 17.1 Å². The number of nitrogens with one attached hydrogen (secondary N) is 1. The highest BCUT2D eigenvalue weighted by atomic mass is 19.1. The lowest BCUT2D eigenvalue weighted by molar-refractivity contribution is -0.120. The molecule has 3 aromatic rings. The molecule has 1 aromatic heterocycles. The van der Waals surface area contributed by atoms with Crippen LogP contribution in [-0.2, 0) is 11.2 Å². The number of hydrogen-bond donors (Lipinski definition) is 1. The van der Waals surface area contributed by atoms with Crippen LogP contribution in [-0.4, -0.2) is 12.1 Å². The van der Waals surface area contributed by atoms with E-state index in [1.807, 2.05) is 0 Å². The van der Waals surface area contributed by atoms with E-state index in [0.29, 0.717) is 22.6 Å².